The number of carbonyl (C=O) groups is 3. The molecule has 12 nitrogen and oxygen atoms in total. The zero-order chi connectivity index (χ0) is 32.5. The van der Waals surface area contributed by atoms with Crippen LogP contribution in [0.15, 0.2) is 30.5 Å². The molecule has 0 radical (unpaired) electrons. The van der Waals surface area contributed by atoms with Crippen molar-refractivity contribution in [3.63, 3.8) is 0 Å². The van der Waals surface area contributed by atoms with E-state index < -0.39 is 34.4 Å². The summed E-state index contributed by atoms with van der Waals surface area (Å²) in [5, 5.41) is 36.2. The Balaban J connectivity index is 1.23. The molecular weight excluding hydrogens is 586 g/mol. The lowest BCUT2D eigenvalue weighted by Gasteiger charge is -2.52. The van der Waals surface area contributed by atoms with Crippen LogP contribution in [0.25, 0.3) is 0 Å². The number of piperidine rings is 1. The zero-order valence-electron chi connectivity index (χ0n) is 26.8. The van der Waals surface area contributed by atoms with Crippen molar-refractivity contribution >= 4 is 23.5 Å². The van der Waals surface area contributed by atoms with E-state index in [0.29, 0.717) is 63.0 Å². The second kappa shape index (κ2) is 12.7. The number of hydrogen-bond acceptors (Lipinski definition) is 9. The fourth-order valence-electron chi connectivity index (χ4n) is 9.01. The van der Waals surface area contributed by atoms with Gasteiger partial charge in [0.15, 0.2) is 6.19 Å². The summed E-state index contributed by atoms with van der Waals surface area (Å²) < 4.78 is 6.92. The van der Waals surface area contributed by atoms with Crippen molar-refractivity contribution in [1.82, 2.24) is 25.2 Å². The van der Waals surface area contributed by atoms with Crippen LogP contribution in [0.4, 0.5) is 5.69 Å². The zero-order valence-corrected chi connectivity index (χ0v) is 26.8. The van der Waals surface area contributed by atoms with Crippen LogP contribution in [0.1, 0.15) is 88.8 Å². The van der Waals surface area contributed by atoms with Gasteiger partial charge in [-0.1, -0.05) is 56.0 Å². The van der Waals surface area contributed by atoms with Crippen molar-refractivity contribution in [2.24, 2.45) is 16.7 Å². The van der Waals surface area contributed by atoms with Crippen molar-refractivity contribution in [2.75, 3.05) is 19.0 Å². The van der Waals surface area contributed by atoms with Crippen LogP contribution in [0.3, 0.4) is 0 Å². The number of rotatable bonds is 13. The Bertz CT molecular complexity index is 1520. The third-order valence-corrected chi connectivity index (χ3v) is 11.5. The number of amides is 2. The number of aliphatic hydroxyl groups is 1. The molecule has 1 spiro atoms. The Morgan fingerprint density at radius 2 is 2.02 bits per heavy atom. The van der Waals surface area contributed by atoms with E-state index in [1.54, 1.807) is 15.8 Å². The molecule has 3 heterocycles. The molecule has 2 saturated carbocycles. The van der Waals surface area contributed by atoms with E-state index in [2.05, 4.69) is 34.1 Å². The number of nitrogens with one attached hydrogen (secondary N) is 2. The Morgan fingerprint density at radius 3 is 2.80 bits per heavy atom. The number of nitrogens with zero attached hydrogens (tertiary/aromatic N) is 5. The molecule has 1 saturated heterocycles. The molecule has 0 bridgehead atoms. The summed E-state index contributed by atoms with van der Waals surface area (Å²) in [7, 11) is 1.36. The van der Waals surface area contributed by atoms with Gasteiger partial charge in [-0.25, -0.2) is 0 Å². The van der Waals surface area contributed by atoms with Gasteiger partial charge in [-0.15, -0.1) is 5.10 Å². The van der Waals surface area contributed by atoms with Gasteiger partial charge in [-0.3, -0.25) is 19.1 Å². The molecule has 4 aliphatic rings. The number of unbranched alkanes of at least 4 members (excludes halogenated alkanes) is 4. The van der Waals surface area contributed by atoms with Crippen molar-refractivity contribution in [3.8, 4) is 6.19 Å². The summed E-state index contributed by atoms with van der Waals surface area (Å²) in [4.78, 5) is 41.5. The number of benzene rings is 1. The number of methoxy groups -OCH3 is 1. The minimum atomic E-state index is -1.11. The highest BCUT2D eigenvalue weighted by molar-refractivity contribution is 6.07. The monoisotopic (exact) mass is 631 g/mol. The number of nitriles is 1. The largest absolute Gasteiger partial charge is 0.468 e. The van der Waals surface area contributed by atoms with Gasteiger partial charge >= 0.3 is 5.97 Å². The summed E-state index contributed by atoms with van der Waals surface area (Å²) in [5.74, 6) is -0.572. The molecule has 1 aromatic heterocycles. The number of fused-ring (bicyclic) bond motifs is 1. The van der Waals surface area contributed by atoms with Crippen LogP contribution in [0.2, 0.25) is 0 Å². The lowest BCUT2D eigenvalue weighted by molar-refractivity contribution is -0.161. The van der Waals surface area contributed by atoms with Gasteiger partial charge in [0.25, 0.3) is 0 Å². The van der Waals surface area contributed by atoms with Crippen LogP contribution in [-0.2, 0) is 37.6 Å². The summed E-state index contributed by atoms with van der Waals surface area (Å²) in [5.41, 5.74) is -0.528. The maximum absolute atomic E-state index is 14.2. The molecule has 6 atom stereocenters. The van der Waals surface area contributed by atoms with Crippen LogP contribution < -0.4 is 10.6 Å². The maximum atomic E-state index is 14.2. The summed E-state index contributed by atoms with van der Waals surface area (Å²) in [6.07, 6.45) is 11.7. The van der Waals surface area contributed by atoms with Crippen molar-refractivity contribution in [1.29, 1.82) is 5.26 Å². The molecule has 12 heteroatoms. The normalized spacial score (nSPS) is 30.8. The number of likely N-dealkylation sites (tertiary alicyclic amines) is 1. The highest BCUT2D eigenvalue weighted by Gasteiger charge is 2.81. The molecule has 246 valence electrons. The van der Waals surface area contributed by atoms with Crippen molar-refractivity contribution in [3.05, 3.63) is 41.7 Å². The molecule has 2 aliphatic heterocycles. The molecule has 46 heavy (non-hydrogen) atoms. The first-order chi connectivity index (χ1) is 22.3. The Hall–Kier alpha value is -3.98. The van der Waals surface area contributed by atoms with Gasteiger partial charge in [0.2, 0.25) is 11.8 Å². The smallest absolute Gasteiger partial charge is 0.315 e. The van der Waals surface area contributed by atoms with Gasteiger partial charge in [0, 0.05) is 25.2 Å². The minimum absolute atomic E-state index is 0.00764. The highest BCUT2D eigenvalue weighted by atomic mass is 16.5. The molecule has 2 aliphatic carbocycles. The Kier molecular flexibility index (Phi) is 8.81. The van der Waals surface area contributed by atoms with Crippen LogP contribution in [0.5, 0.6) is 0 Å². The van der Waals surface area contributed by atoms with Gasteiger partial charge in [-0.2, -0.15) is 5.26 Å². The van der Waals surface area contributed by atoms with Crippen molar-refractivity contribution in [2.45, 2.75) is 108 Å². The van der Waals surface area contributed by atoms with Gasteiger partial charge in [-0.05, 0) is 61.5 Å². The second-order valence-corrected chi connectivity index (χ2v) is 13.7. The SMILES string of the molecule is CCCCCCCC(=O)NCc1cn(CC[C@]2([C@@H]3C[C@]45C[C@@]4(C(=O)OC)[C@@H](O)CC[C@H]5CN3C#N)C(=O)Nc3ccccc32)nn1. The third-order valence-electron chi connectivity index (χ3n) is 11.5. The van der Waals surface area contributed by atoms with E-state index in [1.165, 1.54) is 20.0 Å². The van der Waals surface area contributed by atoms with E-state index in [9.17, 15) is 24.8 Å². The predicted octanol–water partition coefficient (Wildman–Crippen LogP) is 3.41. The number of carbonyl (C=O) groups excluding carboxylic acids is 3. The molecule has 1 aromatic carbocycles. The molecule has 6 rings (SSSR count). The van der Waals surface area contributed by atoms with E-state index in [1.807, 2.05) is 24.3 Å². The Morgan fingerprint density at radius 1 is 1.22 bits per heavy atom. The second-order valence-electron chi connectivity index (χ2n) is 13.7. The van der Waals surface area contributed by atoms with Gasteiger partial charge < -0.3 is 25.4 Å². The predicted molar refractivity (Wildman–Crippen MR) is 168 cm³/mol. The topological polar surface area (TPSA) is 162 Å². The summed E-state index contributed by atoms with van der Waals surface area (Å²) in [6.45, 7) is 3.20. The lowest BCUT2D eigenvalue weighted by atomic mass is 9.60. The fraction of sp³-hybridized carbons (Fsp3) is 0.647. The van der Waals surface area contributed by atoms with E-state index in [0.717, 1.165) is 24.8 Å². The fourth-order valence-corrected chi connectivity index (χ4v) is 9.01. The lowest BCUT2D eigenvalue weighted by Crippen LogP contribution is -2.61. The number of aromatic nitrogens is 3. The minimum Gasteiger partial charge on any atom is -0.468 e. The number of aliphatic hydroxyl groups excluding tert-OH is 1. The van der Waals surface area contributed by atoms with Crippen LogP contribution in [0, 0.1) is 28.2 Å². The average molecular weight is 632 g/mol. The van der Waals surface area contributed by atoms with E-state index in [4.69, 9.17) is 4.74 Å². The summed E-state index contributed by atoms with van der Waals surface area (Å²) >= 11 is 0. The molecule has 3 fully saturated rings. The first-order valence-electron chi connectivity index (χ1n) is 16.7. The number of esters is 1. The van der Waals surface area contributed by atoms with Gasteiger partial charge in [0.1, 0.15) is 11.1 Å². The number of para-hydroxylation sites is 1. The number of aryl methyl sites for hydroxylation is 1. The first kappa shape index (κ1) is 32.0. The third kappa shape index (κ3) is 5.13. The first-order valence-corrected chi connectivity index (χ1v) is 16.7. The molecule has 2 amide bonds. The Labute approximate surface area is 269 Å². The summed E-state index contributed by atoms with van der Waals surface area (Å²) in [6, 6.07) is 7.03. The average Bonchev–Trinajstić information content (AvgIpc) is 3.39. The van der Waals surface area contributed by atoms with E-state index in [-0.39, 0.29) is 24.3 Å². The van der Waals surface area contributed by atoms with E-state index >= 15 is 0 Å². The number of hydrogen-bond donors (Lipinski definition) is 3. The van der Waals surface area contributed by atoms with Crippen LogP contribution >= 0.6 is 0 Å². The number of ether oxygens (including phenoxy) is 1. The molecular formula is C34H45N7O5. The number of anilines is 1. The quantitative estimate of drug-likeness (QED) is 0.171. The molecule has 0 unspecified atom stereocenters. The van der Waals surface area contributed by atoms with Gasteiger partial charge in [0.05, 0.1) is 37.4 Å². The molecule has 2 aromatic rings. The van der Waals surface area contributed by atoms with Crippen molar-refractivity contribution < 1.29 is 24.2 Å². The highest BCUT2D eigenvalue weighted by Crippen LogP contribution is 2.77. The standard InChI is InChI=1S/C34H45N7O5/c1-3-4-5-6-7-12-29(43)36-18-24-20-41(39-38-24)16-15-33(25-10-8-9-11-26(25)37-30(33)44)27-17-32-21-34(32,31(45)46-2)28(42)14-13-23(32)19-40(27)22-35/h8-11,20,23,27-28,42H,3-7,12-19,21H2,1-2H3,(H,36,43)(H,37,44)/t23-,27-,28-,32+,33-,34-/m0/s1. The maximum Gasteiger partial charge on any atom is 0.315 e. The van der Waals surface area contributed by atoms with Crippen LogP contribution in [-0.4, -0.2) is 68.6 Å². The molecule has 3 N–H and O–H groups in total.